The second kappa shape index (κ2) is 3.70. The summed E-state index contributed by atoms with van der Waals surface area (Å²) in [5, 5.41) is 8.55. The van der Waals surface area contributed by atoms with Crippen LogP contribution in [0.15, 0.2) is 12.1 Å². The van der Waals surface area contributed by atoms with Crippen molar-refractivity contribution < 1.29 is 18.7 Å². The number of alkyl halides is 1. The van der Waals surface area contributed by atoms with Crippen LogP contribution in [0.25, 0.3) is 0 Å². The topological polar surface area (TPSA) is 37.3 Å². The minimum absolute atomic E-state index is 0.199. The number of halogens is 3. The van der Waals surface area contributed by atoms with Crippen LogP contribution in [0, 0.1) is 11.6 Å². The fraction of sp³-hybridized carbons (Fsp3) is 0.125. The minimum Gasteiger partial charge on any atom is -0.478 e. The van der Waals surface area contributed by atoms with Gasteiger partial charge in [0.05, 0.1) is 11.4 Å². The molecule has 0 spiro atoms. The first-order chi connectivity index (χ1) is 6.06. The highest BCUT2D eigenvalue weighted by atomic mass is 35.5. The molecule has 0 radical (unpaired) electrons. The fourth-order valence-corrected chi connectivity index (χ4v) is 1.20. The molecule has 5 heteroatoms. The fourth-order valence-electron chi connectivity index (χ4n) is 0.930. The summed E-state index contributed by atoms with van der Waals surface area (Å²) in [5.41, 5.74) is -0.636. The van der Waals surface area contributed by atoms with Gasteiger partial charge in [0.1, 0.15) is 11.6 Å². The Balaban J connectivity index is 3.38. The average molecular weight is 207 g/mol. The number of hydrogen-bond acceptors (Lipinski definition) is 1. The van der Waals surface area contributed by atoms with Gasteiger partial charge in [-0.3, -0.25) is 0 Å². The van der Waals surface area contributed by atoms with Crippen LogP contribution in [-0.4, -0.2) is 11.1 Å². The Morgan fingerprint density at radius 3 is 2.54 bits per heavy atom. The van der Waals surface area contributed by atoms with Crippen LogP contribution in [0.4, 0.5) is 8.78 Å². The standard InChI is InChI=1S/C8H5ClF2O2/c9-3-6-5(8(12)13)1-4(10)2-7(6)11/h1-2H,3H2,(H,12,13). The summed E-state index contributed by atoms with van der Waals surface area (Å²) in [6.45, 7) is 0. The summed E-state index contributed by atoms with van der Waals surface area (Å²) in [7, 11) is 0. The third-order valence-electron chi connectivity index (χ3n) is 1.52. The normalized spacial score (nSPS) is 10.1. The molecule has 0 heterocycles. The van der Waals surface area contributed by atoms with Crippen molar-refractivity contribution in [3.63, 3.8) is 0 Å². The predicted octanol–water partition coefficient (Wildman–Crippen LogP) is 2.40. The molecule has 0 saturated carbocycles. The van der Waals surface area contributed by atoms with Crippen LogP contribution in [0.1, 0.15) is 15.9 Å². The van der Waals surface area contributed by atoms with Crippen molar-refractivity contribution in [3.05, 3.63) is 34.9 Å². The van der Waals surface area contributed by atoms with Crippen molar-refractivity contribution in [2.75, 3.05) is 0 Å². The van der Waals surface area contributed by atoms with Crippen molar-refractivity contribution in [1.82, 2.24) is 0 Å². The number of carboxylic acid groups (broad SMARTS) is 1. The van der Waals surface area contributed by atoms with Gasteiger partial charge in [0.25, 0.3) is 0 Å². The van der Waals surface area contributed by atoms with Gasteiger partial charge < -0.3 is 5.11 Å². The van der Waals surface area contributed by atoms with Crippen molar-refractivity contribution in [2.24, 2.45) is 0 Å². The highest BCUT2D eigenvalue weighted by molar-refractivity contribution is 6.17. The van der Waals surface area contributed by atoms with E-state index in [9.17, 15) is 13.6 Å². The third kappa shape index (κ3) is 1.95. The molecule has 1 N–H and O–H groups in total. The van der Waals surface area contributed by atoms with Crippen LogP contribution in [-0.2, 0) is 5.88 Å². The van der Waals surface area contributed by atoms with E-state index < -0.39 is 23.2 Å². The van der Waals surface area contributed by atoms with Crippen LogP contribution in [0.2, 0.25) is 0 Å². The molecule has 0 atom stereocenters. The van der Waals surface area contributed by atoms with Gasteiger partial charge in [-0.25, -0.2) is 13.6 Å². The molecule has 70 valence electrons. The maximum Gasteiger partial charge on any atom is 0.336 e. The highest BCUT2D eigenvalue weighted by Crippen LogP contribution is 2.18. The van der Waals surface area contributed by atoms with Gasteiger partial charge in [-0.05, 0) is 6.07 Å². The minimum atomic E-state index is -1.39. The van der Waals surface area contributed by atoms with Crippen molar-refractivity contribution in [2.45, 2.75) is 5.88 Å². The molecule has 0 unspecified atom stereocenters. The highest BCUT2D eigenvalue weighted by Gasteiger charge is 2.15. The summed E-state index contributed by atoms with van der Waals surface area (Å²) in [5.74, 6) is -3.56. The molecular formula is C8H5ClF2O2. The third-order valence-corrected chi connectivity index (χ3v) is 1.79. The second-order valence-electron chi connectivity index (χ2n) is 2.35. The van der Waals surface area contributed by atoms with Gasteiger partial charge >= 0.3 is 5.97 Å². The largest absolute Gasteiger partial charge is 0.478 e. The van der Waals surface area contributed by atoms with Crippen molar-refractivity contribution in [1.29, 1.82) is 0 Å². The summed E-state index contributed by atoms with van der Waals surface area (Å²) in [6.07, 6.45) is 0. The lowest BCUT2D eigenvalue weighted by molar-refractivity contribution is 0.0694. The van der Waals surface area contributed by atoms with Gasteiger partial charge in [0.15, 0.2) is 0 Å². The lowest BCUT2D eigenvalue weighted by atomic mass is 10.1. The summed E-state index contributed by atoms with van der Waals surface area (Å²) < 4.78 is 25.4. The Hall–Kier alpha value is -1.16. The van der Waals surface area contributed by atoms with E-state index in [1.807, 2.05) is 0 Å². The summed E-state index contributed by atoms with van der Waals surface area (Å²) in [4.78, 5) is 10.5. The van der Waals surface area contributed by atoms with Crippen LogP contribution in [0.5, 0.6) is 0 Å². The number of aromatic carboxylic acids is 1. The molecule has 1 aromatic rings. The number of benzene rings is 1. The maximum absolute atomic E-state index is 12.9. The molecule has 0 fully saturated rings. The smallest absolute Gasteiger partial charge is 0.336 e. The number of carboxylic acids is 1. The molecule has 1 aromatic carbocycles. The monoisotopic (exact) mass is 206 g/mol. The zero-order valence-corrected chi connectivity index (χ0v) is 7.11. The molecule has 13 heavy (non-hydrogen) atoms. The van der Waals surface area contributed by atoms with Gasteiger partial charge in [-0.1, -0.05) is 0 Å². The van der Waals surface area contributed by atoms with E-state index >= 15 is 0 Å². The lowest BCUT2D eigenvalue weighted by Crippen LogP contribution is -2.04. The van der Waals surface area contributed by atoms with Crippen LogP contribution in [0.3, 0.4) is 0 Å². The van der Waals surface area contributed by atoms with E-state index in [0.717, 1.165) is 6.07 Å². The second-order valence-corrected chi connectivity index (χ2v) is 2.62. The Kier molecular flexibility index (Phi) is 2.83. The average Bonchev–Trinajstić information content (AvgIpc) is 2.02. The lowest BCUT2D eigenvalue weighted by Gasteiger charge is -2.03. The Bertz CT molecular complexity index is 352. The van der Waals surface area contributed by atoms with E-state index in [1.54, 1.807) is 0 Å². The predicted molar refractivity (Wildman–Crippen MR) is 42.9 cm³/mol. The Labute approximate surface area is 77.8 Å². The number of carbonyl (C=O) groups is 1. The van der Waals surface area contributed by atoms with E-state index in [1.165, 1.54) is 0 Å². The van der Waals surface area contributed by atoms with E-state index in [-0.39, 0.29) is 11.4 Å². The number of hydrogen-bond donors (Lipinski definition) is 1. The molecule has 2 nitrogen and oxygen atoms in total. The SMILES string of the molecule is O=C(O)c1cc(F)cc(F)c1CCl. The first-order valence-electron chi connectivity index (χ1n) is 3.33. The van der Waals surface area contributed by atoms with Crippen molar-refractivity contribution in [3.8, 4) is 0 Å². The Morgan fingerprint density at radius 2 is 2.08 bits per heavy atom. The molecular weight excluding hydrogens is 202 g/mol. The zero-order chi connectivity index (χ0) is 10.0. The van der Waals surface area contributed by atoms with Gasteiger partial charge in [-0.15, -0.1) is 11.6 Å². The molecule has 0 aliphatic rings. The molecule has 0 amide bonds. The first-order valence-corrected chi connectivity index (χ1v) is 3.87. The van der Waals surface area contributed by atoms with Gasteiger partial charge in [0.2, 0.25) is 0 Å². The zero-order valence-electron chi connectivity index (χ0n) is 6.35. The van der Waals surface area contributed by atoms with E-state index in [4.69, 9.17) is 16.7 Å². The molecule has 0 aliphatic carbocycles. The molecule has 0 bridgehead atoms. The number of rotatable bonds is 2. The quantitative estimate of drug-likeness (QED) is 0.755. The van der Waals surface area contributed by atoms with Crippen LogP contribution < -0.4 is 0 Å². The molecule has 0 aliphatic heterocycles. The van der Waals surface area contributed by atoms with Gasteiger partial charge in [0, 0.05) is 11.6 Å². The Morgan fingerprint density at radius 1 is 1.46 bits per heavy atom. The molecule has 0 aromatic heterocycles. The van der Waals surface area contributed by atoms with Crippen molar-refractivity contribution >= 4 is 17.6 Å². The molecule has 1 rings (SSSR count). The summed E-state index contributed by atoms with van der Waals surface area (Å²) >= 11 is 5.31. The van der Waals surface area contributed by atoms with Crippen LogP contribution >= 0.6 is 11.6 Å². The molecule has 0 saturated heterocycles. The summed E-state index contributed by atoms with van der Waals surface area (Å²) in [6, 6.07) is 1.34. The first kappa shape index (κ1) is 9.92. The van der Waals surface area contributed by atoms with Gasteiger partial charge in [-0.2, -0.15) is 0 Å². The van der Waals surface area contributed by atoms with E-state index in [2.05, 4.69) is 0 Å². The maximum atomic E-state index is 12.9. The van der Waals surface area contributed by atoms with E-state index in [0.29, 0.717) is 6.07 Å².